The summed E-state index contributed by atoms with van der Waals surface area (Å²) in [7, 11) is 1.22. The molecule has 0 rings (SSSR count). The molecule has 0 saturated carbocycles. The normalized spacial score (nSPS) is 9.56. The number of hydrogen-bond acceptors (Lipinski definition) is 1. The summed E-state index contributed by atoms with van der Waals surface area (Å²) >= 11 is 5.12. The molecule has 0 aromatic heterocycles. The lowest BCUT2D eigenvalue weighted by Gasteiger charge is -2.20. The zero-order chi connectivity index (χ0) is 7.28. The summed E-state index contributed by atoms with van der Waals surface area (Å²) in [5, 5.41) is 0. The predicted octanol–water partition coefficient (Wildman–Crippen LogP) is 0.369. The smallest absolute Gasteiger partial charge is 0.0773 e. The molecule has 0 radical (unpaired) electrons. The van der Waals surface area contributed by atoms with E-state index < -0.39 is 0 Å². The van der Waals surface area contributed by atoms with Crippen molar-refractivity contribution < 1.29 is 0 Å². The summed E-state index contributed by atoms with van der Waals surface area (Å²) in [6.45, 7) is 5.35. The molecule has 0 aliphatic carbocycles. The summed E-state index contributed by atoms with van der Waals surface area (Å²) in [4.78, 5) is 3.38. The molecular weight excluding hydrogens is 146 g/mol. The molecule has 0 N–H and O–H groups in total. The molecule has 0 atom stereocenters. The van der Waals surface area contributed by atoms with E-state index in [4.69, 9.17) is 12.2 Å². The lowest BCUT2D eigenvalue weighted by atomic mass is 10.4. The van der Waals surface area contributed by atoms with Crippen LogP contribution < -0.4 is 0 Å². The summed E-state index contributed by atoms with van der Waals surface area (Å²) < 4.78 is 0. The second-order valence-corrected chi connectivity index (χ2v) is 3.02. The molecule has 1 nitrogen and oxygen atoms in total. The Morgan fingerprint density at radius 2 is 2.11 bits per heavy atom. The van der Waals surface area contributed by atoms with Gasteiger partial charge >= 0.3 is 0 Å². The van der Waals surface area contributed by atoms with Gasteiger partial charge in [0.05, 0.1) is 4.99 Å². The van der Waals surface area contributed by atoms with E-state index in [1.165, 1.54) is 16.4 Å². The fourth-order valence-corrected chi connectivity index (χ4v) is 2.12. The summed E-state index contributed by atoms with van der Waals surface area (Å²) in [5.41, 5.74) is 0. The van der Waals surface area contributed by atoms with Crippen molar-refractivity contribution in [3.05, 3.63) is 0 Å². The third-order valence-electron chi connectivity index (χ3n) is 1.42. The highest BCUT2D eigenvalue weighted by Crippen LogP contribution is 1.93. The largest absolute Gasteiger partial charge is 0.370 e. The summed E-state index contributed by atoms with van der Waals surface area (Å²) in [5.74, 6) is 0. The van der Waals surface area contributed by atoms with Crippen molar-refractivity contribution in [3.8, 4) is 0 Å². The minimum atomic E-state index is 1.02. The minimum absolute atomic E-state index is 1.02. The second-order valence-electron chi connectivity index (χ2n) is 1.92. The molecule has 0 aromatic carbocycles. The van der Waals surface area contributed by atoms with Crippen LogP contribution in [-0.4, -0.2) is 32.8 Å². The van der Waals surface area contributed by atoms with E-state index in [-0.39, 0.29) is 0 Å². The quantitative estimate of drug-likeness (QED) is 0.435. The van der Waals surface area contributed by atoms with Crippen molar-refractivity contribution >= 4 is 27.4 Å². The monoisotopic (exact) mass is 161 g/mol. The molecule has 0 spiro atoms. The van der Waals surface area contributed by atoms with Gasteiger partial charge in [0.1, 0.15) is 0 Å². The van der Waals surface area contributed by atoms with Crippen molar-refractivity contribution in [1.29, 1.82) is 0 Å². The van der Waals surface area contributed by atoms with E-state index in [2.05, 4.69) is 18.7 Å². The van der Waals surface area contributed by atoms with Crippen LogP contribution in [0.25, 0.3) is 0 Å². The van der Waals surface area contributed by atoms with Crippen LogP contribution in [0.5, 0.6) is 0 Å². The van der Waals surface area contributed by atoms with Crippen LogP contribution in [0.3, 0.4) is 0 Å². The fourth-order valence-electron chi connectivity index (χ4n) is 0.800. The minimum Gasteiger partial charge on any atom is -0.370 e. The lowest BCUT2D eigenvalue weighted by molar-refractivity contribution is 0.512. The Labute approximate surface area is 65.9 Å². The first-order valence-corrected chi connectivity index (χ1v) is 5.36. The van der Waals surface area contributed by atoms with E-state index >= 15 is 0 Å². The van der Waals surface area contributed by atoms with Gasteiger partial charge in [0.15, 0.2) is 0 Å². The molecule has 0 unspecified atom stereocenters. The maximum absolute atomic E-state index is 5.12. The van der Waals surface area contributed by atoms with Gasteiger partial charge in [0.2, 0.25) is 0 Å². The van der Waals surface area contributed by atoms with Crippen molar-refractivity contribution in [2.75, 3.05) is 12.7 Å². The van der Waals surface area contributed by atoms with Gasteiger partial charge in [-0.1, -0.05) is 19.1 Å². The second kappa shape index (κ2) is 4.94. The fraction of sp³-hybridized carbons (Fsp3) is 0.833. The SMILES string of the molecule is CCC(=S)N(CC)C[SiH3]. The Morgan fingerprint density at radius 3 is 2.22 bits per heavy atom. The van der Waals surface area contributed by atoms with E-state index in [0.29, 0.717) is 0 Å². The Morgan fingerprint density at radius 1 is 1.56 bits per heavy atom. The zero-order valence-corrected chi connectivity index (χ0v) is 9.29. The summed E-state index contributed by atoms with van der Waals surface area (Å²) in [6.07, 6.45) is 2.20. The maximum atomic E-state index is 5.12. The first-order chi connectivity index (χ1) is 4.26. The van der Waals surface area contributed by atoms with Crippen molar-refractivity contribution in [3.63, 3.8) is 0 Å². The Hall–Kier alpha value is 0.107. The molecule has 0 aromatic rings. The molecular formula is C6H15NSSi. The molecule has 9 heavy (non-hydrogen) atoms. The number of thiocarbonyl (C=S) groups is 1. The van der Waals surface area contributed by atoms with Crippen LogP contribution in [0.2, 0.25) is 0 Å². The van der Waals surface area contributed by atoms with Gasteiger partial charge in [-0.05, 0) is 13.3 Å². The van der Waals surface area contributed by atoms with Gasteiger partial charge in [-0.15, -0.1) is 0 Å². The van der Waals surface area contributed by atoms with E-state index in [1.54, 1.807) is 0 Å². The Balaban J connectivity index is 3.64. The van der Waals surface area contributed by atoms with Crippen LogP contribution in [0.4, 0.5) is 0 Å². The number of hydrogen-bond donors (Lipinski definition) is 0. The number of rotatable bonds is 3. The average Bonchev–Trinajstić information content (AvgIpc) is 1.90. The molecule has 0 amide bonds. The average molecular weight is 161 g/mol. The van der Waals surface area contributed by atoms with Crippen molar-refractivity contribution in [2.24, 2.45) is 0 Å². The first kappa shape index (κ1) is 9.11. The van der Waals surface area contributed by atoms with Gasteiger partial charge in [-0.3, -0.25) is 0 Å². The molecule has 0 fully saturated rings. The van der Waals surface area contributed by atoms with Gasteiger partial charge in [0.25, 0.3) is 0 Å². The molecule has 0 aliphatic rings. The molecule has 0 aliphatic heterocycles. The van der Waals surface area contributed by atoms with Crippen molar-refractivity contribution in [1.82, 2.24) is 4.90 Å². The van der Waals surface area contributed by atoms with Crippen molar-refractivity contribution in [2.45, 2.75) is 20.3 Å². The van der Waals surface area contributed by atoms with Crippen LogP contribution in [-0.2, 0) is 0 Å². The van der Waals surface area contributed by atoms with Gasteiger partial charge in [-0.2, -0.15) is 0 Å². The van der Waals surface area contributed by atoms with Crippen LogP contribution in [0.15, 0.2) is 0 Å². The van der Waals surface area contributed by atoms with Crippen LogP contribution in [0.1, 0.15) is 20.3 Å². The van der Waals surface area contributed by atoms with Crippen LogP contribution >= 0.6 is 12.2 Å². The molecule has 3 heteroatoms. The highest BCUT2D eigenvalue weighted by molar-refractivity contribution is 7.80. The maximum Gasteiger partial charge on any atom is 0.0773 e. The molecule has 0 bridgehead atoms. The third-order valence-corrected chi connectivity index (χ3v) is 2.73. The van der Waals surface area contributed by atoms with E-state index in [0.717, 1.165) is 18.0 Å². The molecule has 54 valence electrons. The van der Waals surface area contributed by atoms with Gasteiger partial charge in [0, 0.05) is 23.0 Å². The molecule has 0 heterocycles. The van der Waals surface area contributed by atoms with E-state index in [1.807, 2.05) is 0 Å². The number of nitrogens with zero attached hydrogens (tertiary/aromatic N) is 1. The Bertz CT molecular complexity index is 91.1. The Kier molecular flexibility index (Phi) is 5.00. The lowest BCUT2D eigenvalue weighted by Crippen LogP contribution is -2.29. The topological polar surface area (TPSA) is 3.24 Å². The molecule has 0 saturated heterocycles. The predicted molar refractivity (Wildman–Crippen MR) is 50.1 cm³/mol. The summed E-state index contributed by atoms with van der Waals surface area (Å²) in [6, 6.07) is 0. The highest BCUT2D eigenvalue weighted by Gasteiger charge is 1.99. The van der Waals surface area contributed by atoms with Crippen LogP contribution in [0, 0.1) is 0 Å². The van der Waals surface area contributed by atoms with Gasteiger partial charge in [-0.25, -0.2) is 0 Å². The zero-order valence-electron chi connectivity index (χ0n) is 6.48. The first-order valence-electron chi connectivity index (χ1n) is 3.54. The van der Waals surface area contributed by atoms with E-state index in [9.17, 15) is 0 Å². The highest BCUT2D eigenvalue weighted by atomic mass is 32.1. The van der Waals surface area contributed by atoms with Gasteiger partial charge < -0.3 is 4.90 Å². The standard InChI is InChI=1S/C6H15NSSi/c1-3-6(8)7(4-2)5-9/h3-5H2,1-2,9H3. The third kappa shape index (κ3) is 2.96.